The summed E-state index contributed by atoms with van der Waals surface area (Å²) in [6, 6.07) is -0.260. The van der Waals surface area contributed by atoms with Gasteiger partial charge in [-0.25, -0.2) is 9.18 Å². The van der Waals surface area contributed by atoms with Crippen LogP contribution in [-0.4, -0.2) is 63.7 Å². The lowest BCUT2D eigenvalue weighted by atomic mass is 9.71. The van der Waals surface area contributed by atoms with Crippen LogP contribution in [0, 0.1) is 11.8 Å². The lowest BCUT2D eigenvalue weighted by Crippen LogP contribution is -2.66. The number of hydrogen-bond acceptors (Lipinski definition) is 5. The molecule has 1 saturated heterocycles. The average Bonchev–Trinajstić information content (AvgIpc) is 2.95. The highest BCUT2D eigenvalue weighted by molar-refractivity contribution is 6.69. The van der Waals surface area contributed by atoms with Crippen LogP contribution in [0.1, 0.15) is 19.3 Å². The number of β-lactam (4-membered cyclic amide) rings is 1. The summed E-state index contributed by atoms with van der Waals surface area (Å²) in [6.45, 7) is 8.86. The molecule has 3 aliphatic rings. The van der Waals surface area contributed by atoms with Gasteiger partial charge in [0.05, 0.1) is 24.2 Å². The number of rotatable bonds is 8. The van der Waals surface area contributed by atoms with Gasteiger partial charge in [-0.15, -0.1) is 0 Å². The number of alkyl halides is 1. The molecule has 0 aromatic heterocycles. The molecule has 1 amide bonds. The van der Waals surface area contributed by atoms with Crippen molar-refractivity contribution < 1.29 is 27.9 Å². The zero-order chi connectivity index (χ0) is 20.6. The van der Waals surface area contributed by atoms with Crippen molar-refractivity contribution in [1.82, 2.24) is 4.90 Å². The Bertz CT molecular complexity index is 689. The molecular weight excluding hydrogens is 381 g/mol. The molecule has 1 aliphatic carbocycles. The van der Waals surface area contributed by atoms with Crippen LogP contribution in [0.5, 0.6) is 0 Å². The van der Waals surface area contributed by atoms with E-state index in [0.717, 1.165) is 24.8 Å². The first kappa shape index (κ1) is 21.2. The number of nitrogens with zero attached hydrogens (tertiary/aromatic N) is 1. The van der Waals surface area contributed by atoms with Crippen molar-refractivity contribution in [2.75, 3.05) is 20.4 Å². The van der Waals surface area contributed by atoms with Gasteiger partial charge >= 0.3 is 5.97 Å². The molecule has 3 rings (SSSR count). The minimum atomic E-state index is -2.03. The molecule has 2 heterocycles. The van der Waals surface area contributed by atoms with Crippen LogP contribution >= 0.6 is 0 Å². The Labute approximate surface area is 166 Å². The smallest absolute Gasteiger partial charge is 0.355 e. The number of ether oxygens (including phenoxy) is 2. The maximum Gasteiger partial charge on any atom is 0.355 e. The van der Waals surface area contributed by atoms with Crippen LogP contribution in [0.25, 0.3) is 0 Å². The molecule has 0 aromatic carbocycles. The fourth-order valence-corrected chi connectivity index (χ4v) is 5.93. The number of fused-ring (bicyclic) bond motifs is 3. The van der Waals surface area contributed by atoms with E-state index < -0.39 is 33.0 Å². The number of esters is 1. The molecule has 2 aliphatic heterocycles. The van der Waals surface area contributed by atoms with Gasteiger partial charge in [-0.05, 0) is 44.5 Å². The molecule has 0 radical (unpaired) electrons. The normalized spacial score (nSPS) is 30.5. The molecule has 8 heteroatoms. The third-order valence-corrected chi connectivity index (χ3v) is 6.72. The molecule has 0 aromatic rings. The monoisotopic (exact) mass is 411 g/mol. The number of methoxy groups -OCH3 is 1. The Morgan fingerprint density at radius 3 is 2.68 bits per heavy atom. The van der Waals surface area contributed by atoms with Crippen LogP contribution < -0.4 is 0 Å². The van der Waals surface area contributed by atoms with Gasteiger partial charge < -0.3 is 18.8 Å². The second kappa shape index (κ2) is 8.08. The molecule has 28 heavy (non-hydrogen) atoms. The topological polar surface area (TPSA) is 65.1 Å². The summed E-state index contributed by atoms with van der Waals surface area (Å²) >= 11 is 0. The third-order valence-electron chi connectivity index (χ3n) is 5.71. The molecule has 2 fully saturated rings. The van der Waals surface area contributed by atoms with Gasteiger partial charge in [-0.1, -0.05) is 12.7 Å². The quantitative estimate of drug-likeness (QED) is 0.266. The highest BCUT2D eigenvalue weighted by Crippen LogP contribution is 2.53. The highest BCUT2D eigenvalue weighted by Gasteiger charge is 2.63. The predicted octanol–water partition coefficient (Wildman–Crippen LogP) is 2.82. The van der Waals surface area contributed by atoms with E-state index in [1.165, 1.54) is 11.0 Å². The summed E-state index contributed by atoms with van der Waals surface area (Å²) in [5.41, 5.74) is 1.12. The Balaban J connectivity index is 1.95. The van der Waals surface area contributed by atoms with Gasteiger partial charge in [-0.3, -0.25) is 4.79 Å². The maximum atomic E-state index is 13.9. The lowest BCUT2D eigenvalue weighted by Gasteiger charge is -2.49. The van der Waals surface area contributed by atoms with Gasteiger partial charge in [0.2, 0.25) is 5.91 Å². The molecular formula is C20H30FNO5Si. The molecule has 156 valence electrons. The van der Waals surface area contributed by atoms with E-state index in [-0.39, 0.29) is 36.3 Å². The summed E-state index contributed by atoms with van der Waals surface area (Å²) < 4.78 is 30.8. The predicted molar refractivity (Wildman–Crippen MR) is 105 cm³/mol. The number of amides is 1. The molecule has 0 unspecified atom stereocenters. The van der Waals surface area contributed by atoms with E-state index in [2.05, 4.69) is 6.58 Å². The Kier molecular flexibility index (Phi) is 6.12. The van der Waals surface area contributed by atoms with E-state index >= 15 is 0 Å². The summed E-state index contributed by atoms with van der Waals surface area (Å²) in [6.07, 6.45) is 3.05. The standard InChI is InChI=1S/C20H30FNO5Si/c1-6-10-26-20(24)18-15-12(8-7-9-13(15)25-2)17-16(19(23)22(17)18)14(11-21)27-28(3,4)5/h6,12-14,16-17H,1,7-11H2,2-5H3/t12-,13-,14+,16+,17+/m0/s1. The zero-order valence-corrected chi connectivity index (χ0v) is 18.1. The fraction of sp³-hybridized carbons (Fsp3) is 0.700. The molecule has 0 N–H and O–H groups in total. The van der Waals surface area contributed by atoms with Crippen molar-refractivity contribution in [3.05, 3.63) is 23.9 Å². The minimum Gasteiger partial charge on any atom is -0.457 e. The van der Waals surface area contributed by atoms with E-state index in [1.54, 1.807) is 7.11 Å². The van der Waals surface area contributed by atoms with Crippen molar-refractivity contribution in [3.8, 4) is 0 Å². The molecule has 6 nitrogen and oxygen atoms in total. The van der Waals surface area contributed by atoms with E-state index in [0.29, 0.717) is 0 Å². The summed E-state index contributed by atoms with van der Waals surface area (Å²) in [5, 5.41) is 0. The van der Waals surface area contributed by atoms with Crippen molar-refractivity contribution in [1.29, 1.82) is 0 Å². The Morgan fingerprint density at radius 1 is 1.39 bits per heavy atom. The van der Waals surface area contributed by atoms with Crippen molar-refractivity contribution in [2.45, 2.75) is 57.2 Å². The van der Waals surface area contributed by atoms with Crippen LogP contribution in [0.15, 0.2) is 23.9 Å². The van der Waals surface area contributed by atoms with Crippen LogP contribution in [-0.2, 0) is 23.5 Å². The van der Waals surface area contributed by atoms with Crippen molar-refractivity contribution in [2.24, 2.45) is 11.8 Å². The Hall–Kier alpha value is -1.51. The first-order valence-electron chi connectivity index (χ1n) is 9.86. The lowest BCUT2D eigenvalue weighted by molar-refractivity contribution is -0.165. The van der Waals surface area contributed by atoms with Gasteiger partial charge in [0.15, 0.2) is 8.32 Å². The average molecular weight is 412 g/mol. The number of carbonyl (C=O) groups is 2. The second-order valence-electron chi connectivity index (χ2n) is 8.60. The largest absolute Gasteiger partial charge is 0.457 e. The SMILES string of the molecule is C=CCOC(=O)C1=C2[C@@H](OC)CCC[C@@H]2[C@@H]2[C@@H]([C@@H](CF)O[Si](C)(C)C)C(=O)N12. The number of halogens is 1. The minimum absolute atomic E-state index is 0.0213. The van der Waals surface area contributed by atoms with Crippen LogP contribution in [0.2, 0.25) is 19.6 Å². The summed E-state index contributed by atoms with van der Waals surface area (Å²) in [5.74, 6) is -1.39. The highest BCUT2D eigenvalue weighted by atomic mass is 28.4. The van der Waals surface area contributed by atoms with E-state index in [9.17, 15) is 14.0 Å². The molecule has 5 atom stereocenters. The fourth-order valence-electron chi connectivity index (χ4n) is 4.81. The van der Waals surface area contributed by atoms with Crippen LogP contribution in [0.4, 0.5) is 4.39 Å². The van der Waals surface area contributed by atoms with Crippen molar-refractivity contribution in [3.63, 3.8) is 0 Å². The first-order valence-corrected chi connectivity index (χ1v) is 13.3. The molecule has 1 saturated carbocycles. The maximum absolute atomic E-state index is 13.9. The van der Waals surface area contributed by atoms with Crippen LogP contribution in [0.3, 0.4) is 0 Å². The van der Waals surface area contributed by atoms with E-state index in [4.69, 9.17) is 13.9 Å². The zero-order valence-electron chi connectivity index (χ0n) is 17.1. The third kappa shape index (κ3) is 3.57. The number of carbonyl (C=O) groups excluding carboxylic acids is 2. The number of hydrogen-bond donors (Lipinski definition) is 0. The van der Waals surface area contributed by atoms with Crippen molar-refractivity contribution >= 4 is 20.2 Å². The van der Waals surface area contributed by atoms with Gasteiger partial charge in [0, 0.05) is 13.0 Å². The summed E-state index contributed by atoms with van der Waals surface area (Å²) in [4.78, 5) is 27.3. The van der Waals surface area contributed by atoms with Gasteiger partial charge in [0.1, 0.15) is 19.0 Å². The Morgan fingerprint density at radius 2 is 2.11 bits per heavy atom. The molecule has 0 spiro atoms. The first-order chi connectivity index (χ1) is 13.2. The summed E-state index contributed by atoms with van der Waals surface area (Å²) in [7, 11) is -0.421. The van der Waals surface area contributed by atoms with Gasteiger partial charge in [-0.2, -0.15) is 0 Å². The van der Waals surface area contributed by atoms with E-state index in [1.807, 2.05) is 19.6 Å². The second-order valence-corrected chi connectivity index (χ2v) is 13.1. The van der Waals surface area contributed by atoms with Gasteiger partial charge in [0.25, 0.3) is 0 Å². The molecule has 0 bridgehead atoms.